The Morgan fingerprint density at radius 2 is 1.86 bits per heavy atom. The molecule has 6 nitrogen and oxygen atoms in total. The van der Waals surface area contributed by atoms with Crippen LogP contribution in [0.5, 0.6) is 0 Å². The van der Waals surface area contributed by atoms with Crippen molar-refractivity contribution in [2.75, 3.05) is 32.1 Å². The van der Waals surface area contributed by atoms with Crippen molar-refractivity contribution >= 4 is 45.0 Å². The molecule has 0 unspecified atom stereocenters. The third-order valence-electron chi connectivity index (χ3n) is 4.49. The lowest BCUT2D eigenvalue weighted by Crippen LogP contribution is -2.34. The highest BCUT2D eigenvalue weighted by molar-refractivity contribution is 7.22. The van der Waals surface area contributed by atoms with E-state index in [-0.39, 0.29) is 18.3 Å². The SMILES string of the molecule is Cc1cc(C)c2sc(N(CCCN(C)C)C(=O)c3nn(C)cc3C)nc2c1.Cl. The molecular formula is C20H28ClN5OS. The van der Waals surface area contributed by atoms with E-state index in [1.54, 1.807) is 20.9 Å². The number of fused-ring (bicyclic) bond motifs is 1. The first-order valence-corrected chi connectivity index (χ1v) is 9.92. The molecule has 0 atom stereocenters. The number of aromatic nitrogens is 3. The summed E-state index contributed by atoms with van der Waals surface area (Å²) in [4.78, 5) is 22.0. The second kappa shape index (κ2) is 9.03. The molecule has 0 radical (unpaired) electrons. The molecule has 0 aliphatic rings. The molecule has 0 N–H and O–H groups in total. The van der Waals surface area contributed by atoms with Gasteiger partial charge in [-0.1, -0.05) is 17.4 Å². The Labute approximate surface area is 176 Å². The molecular weight excluding hydrogens is 394 g/mol. The van der Waals surface area contributed by atoms with Gasteiger partial charge in [0.1, 0.15) is 0 Å². The predicted octanol–water partition coefficient (Wildman–Crippen LogP) is 3.98. The van der Waals surface area contributed by atoms with Gasteiger partial charge in [-0.25, -0.2) is 4.98 Å². The number of aryl methyl sites for hydroxylation is 4. The van der Waals surface area contributed by atoms with Gasteiger partial charge >= 0.3 is 0 Å². The van der Waals surface area contributed by atoms with Crippen LogP contribution in [0.15, 0.2) is 18.3 Å². The summed E-state index contributed by atoms with van der Waals surface area (Å²) >= 11 is 1.58. The van der Waals surface area contributed by atoms with E-state index in [0.29, 0.717) is 12.2 Å². The number of amides is 1. The maximum atomic E-state index is 13.3. The van der Waals surface area contributed by atoms with Gasteiger partial charge < -0.3 is 4.90 Å². The molecule has 0 aliphatic heterocycles. The minimum Gasteiger partial charge on any atom is -0.309 e. The highest BCUT2D eigenvalue weighted by Crippen LogP contribution is 2.33. The largest absolute Gasteiger partial charge is 0.309 e. The van der Waals surface area contributed by atoms with Crippen LogP contribution >= 0.6 is 23.7 Å². The monoisotopic (exact) mass is 421 g/mol. The van der Waals surface area contributed by atoms with Gasteiger partial charge in [-0.05, 0) is 65.0 Å². The Morgan fingerprint density at radius 3 is 2.46 bits per heavy atom. The summed E-state index contributed by atoms with van der Waals surface area (Å²) in [5, 5.41) is 5.12. The van der Waals surface area contributed by atoms with E-state index in [0.717, 1.165) is 33.9 Å². The Hall–Kier alpha value is -1.96. The molecule has 1 amide bonds. The average molecular weight is 422 g/mol. The smallest absolute Gasteiger partial charge is 0.280 e. The summed E-state index contributed by atoms with van der Waals surface area (Å²) in [7, 11) is 5.92. The van der Waals surface area contributed by atoms with E-state index in [1.807, 2.05) is 34.3 Å². The molecule has 28 heavy (non-hydrogen) atoms. The summed E-state index contributed by atoms with van der Waals surface area (Å²) < 4.78 is 2.82. The van der Waals surface area contributed by atoms with Crippen molar-refractivity contribution in [2.24, 2.45) is 7.05 Å². The number of carbonyl (C=O) groups is 1. The first-order valence-electron chi connectivity index (χ1n) is 9.11. The standard InChI is InChI=1S/C20H27N5OS.ClH/c1-13-10-14(2)18-16(11-13)21-20(27-18)25(9-7-8-23(4)5)19(26)17-15(3)12-24(6)22-17;/h10-12H,7-9H2,1-6H3;1H. The molecule has 0 saturated heterocycles. The normalized spacial score (nSPS) is 11.1. The number of hydrogen-bond acceptors (Lipinski definition) is 5. The van der Waals surface area contributed by atoms with Gasteiger partial charge in [0.2, 0.25) is 0 Å². The molecule has 0 bridgehead atoms. The molecule has 2 heterocycles. The first-order chi connectivity index (χ1) is 12.8. The van der Waals surface area contributed by atoms with Crippen LogP contribution in [0.25, 0.3) is 10.2 Å². The van der Waals surface area contributed by atoms with Crippen LogP contribution in [-0.2, 0) is 7.05 Å². The second-order valence-electron chi connectivity index (χ2n) is 7.37. The van der Waals surface area contributed by atoms with Gasteiger partial charge in [-0.15, -0.1) is 12.4 Å². The minimum atomic E-state index is -0.0831. The molecule has 0 aliphatic carbocycles. The number of nitrogens with zero attached hydrogens (tertiary/aromatic N) is 5. The number of thiazole rings is 1. The van der Waals surface area contributed by atoms with Crippen LogP contribution in [-0.4, -0.2) is 52.8 Å². The summed E-state index contributed by atoms with van der Waals surface area (Å²) in [6.45, 7) is 7.62. The van der Waals surface area contributed by atoms with Gasteiger partial charge in [0.25, 0.3) is 5.91 Å². The summed E-state index contributed by atoms with van der Waals surface area (Å²) in [6, 6.07) is 4.24. The van der Waals surface area contributed by atoms with E-state index in [2.05, 4.69) is 36.0 Å². The number of carbonyl (C=O) groups excluding carboxylic acids is 1. The molecule has 3 aromatic rings. The molecule has 1 aromatic carbocycles. The minimum absolute atomic E-state index is 0. The topological polar surface area (TPSA) is 54.3 Å². The van der Waals surface area contributed by atoms with Crippen molar-refractivity contribution in [3.05, 3.63) is 40.7 Å². The molecule has 152 valence electrons. The fourth-order valence-corrected chi connectivity index (χ4v) is 4.30. The van der Waals surface area contributed by atoms with E-state index >= 15 is 0 Å². The lowest BCUT2D eigenvalue weighted by Gasteiger charge is -2.20. The predicted molar refractivity (Wildman–Crippen MR) is 119 cm³/mol. The Kier molecular flexibility index (Phi) is 7.20. The zero-order chi connectivity index (χ0) is 19.7. The summed E-state index contributed by atoms with van der Waals surface area (Å²) in [5.41, 5.74) is 4.71. The highest BCUT2D eigenvalue weighted by Gasteiger charge is 2.25. The molecule has 2 aromatic heterocycles. The van der Waals surface area contributed by atoms with Gasteiger partial charge in [-0.2, -0.15) is 5.10 Å². The van der Waals surface area contributed by atoms with Crippen molar-refractivity contribution in [1.29, 1.82) is 0 Å². The van der Waals surface area contributed by atoms with Crippen molar-refractivity contribution in [3.8, 4) is 0 Å². The van der Waals surface area contributed by atoms with Crippen LogP contribution in [0.3, 0.4) is 0 Å². The highest BCUT2D eigenvalue weighted by atomic mass is 35.5. The van der Waals surface area contributed by atoms with Gasteiger partial charge in [0.15, 0.2) is 10.8 Å². The Morgan fingerprint density at radius 1 is 1.14 bits per heavy atom. The van der Waals surface area contributed by atoms with Crippen LogP contribution in [0.4, 0.5) is 5.13 Å². The lowest BCUT2D eigenvalue weighted by molar-refractivity contribution is 0.0980. The molecule has 0 saturated carbocycles. The molecule has 8 heteroatoms. The third-order valence-corrected chi connectivity index (χ3v) is 5.72. The first kappa shape index (κ1) is 22.3. The number of hydrogen-bond donors (Lipinski definition) is 0. The quantitative estimate of drug-likeness (QED) is 0.604. The van der Waals surface area contributed by atoms with Crippen LogP contribution in [0.2, 0.25) is 0 Å². The van der Waals surface area contributed by atoms with Crippen molar-refractivity contribution in [3.63, 3.8) is 0 Å². The number of anilines is 1. The molecule has 3 rings (SSSR count). The van der Waals surface area contributed by atoms with Gasteiger partial charge in [0.05, 0.1) is 10.2 Å². The van der Waals surface area contributed by atoms with Crippen LogP contribution in [0, 0.1) is 20.8 Å². The maximum Gasteiger partial charge on any atom is 0.280 e. The number of rotatable bonds is 6. The zero-order valence-electron chi connectivity index (χ0n) is 17.3. The molecule has 0 spiro atoms. The van der Waals surface area contributed by atoms with Crippen molar-refractivity contribution in [1.82, 2.24) is 19.7 Å². The van der Waals surface area contributed by atoms with E-state index in [4.69, 9.17) is 4.98 Å². The van der Waals surface area contributed by atoms with Crippen molar-refractivity contribution < 1.29 is 4.79 Å². The third kappa shape index (κ3) is 4.71. The second-order valence-corrected chi connectivity index (χ2v) is 8.35. The van der Waals surface area contributed by atoms with E-state index in [9.17, 15) is 4.79 Å². The average Bonchev–Trinajstić information content (AvgIpc) is 3.13. The Bertz CT molecular complexity index is 979. The Balaban J connectivity index is 0.00000280. The fourth-order valence-electron chi connectivity index (χ4n) is 3.26. The number of halogens is 1. The maximum absolute atomic E-state index is 13.3. The summed E-state index contributed by atoms with van der Waals surface area (Å²) in [5.74, 6) is -0.0831. The number of benzene rings is 1. The molecule has 0 fully saturated rings. The van der Waals surface area contributed by atoms with Gasteiger partial charge in [0, 0.05) is 25.4 Å². The van der Waals surface area contributed by atoms with Crippen molar-refractivity contribution in [2.45, 2.75) is 27.2 Å². The lowest BCUT2D eigenvalue weighted by atomic mass is 10.1. The van der Waals surface area contributed by atoms with E-state index in [1.165, 1.54) is 11.1 Å². The summed E-state index contributed by atoms with van der Waals surface area (Å²) in [6.07, 6.45) is 2.75. The van der Waals surface area contributed by atoms with E-state index < -0.39 is 0 Å². The fraction of sp³-hybridized carbons (Fsp3) is 0.450. The van der Waals surface area contributed by atoms with Crippen LogP contribution < -0.4 is 4.90 Å². The zero-order valence-corrected chi connectivity index (χ0v) is 18.9. The van der Waals surface area contributed by atoms with Gasteiger partial charge in [-0.3, -0.25) is 14.4 Å². The van der Waals surface area contributed by atoms with Crippen LogP contribution in [0.1, 0.15) is 33.6 Å².